The Morgan fingerprint density at radius 2 is 2.18 bits per heavy atom. The summed E-state index contributed by atoms with van der Waals surface area (Å²) < 4.78 is 0. The number of aromatic nitrogens is 2. The Bertz CT molecular complexity index is 584. The van der Waals surface area contributed by atoms with Crippen LogP contribution in [0.25, 0.3) is 10.2 Å². The fourth-order valence-corrected chi connectivity index (χ4v) is 4.38. The molecule has 3 nitrogen and oxygen atoms in total. The number of nitrogens with zero attached hydrogens (tertiary/aromatic N) is 2. The molecular weight excluding hydrogens is 279 g/mol. The Morgan fingerprint density at radius 1 is 1.35 bits per heavy atom. The van der Waals surface area contributed by atoms with Gasteiger partial charge in [-0.05, 0) is 42.3 Å². The van der Waals surface area contributed by atoms with Crippen LogP contribution in [-0.4, -0.2) is 21.7 Å². The van der Waals surface area contributed by atoms with Crippen LogP contribution in [0.5, 0.6) is 0 Å². The van der Waals surface area contributed by atoms with E-state index in [0.717, 1.165) is 29.5 Å². The normalized spacial score (nSPS) is 18.9. The molecule has 0 saturated carbocycles. The molecule has 1 atom stereocenters. The van der Waals surface area contributed by atoms with Crippen LogP contribution in [-0.2, 0) is 6.42 Å². The summed E-state index contributed by atoms with van der Waals surface area (Å²) in [6.07, 6.45) is 2.89. The SMILES string of the molecule is OCCC1CCc2sc3nc(Cl)nc(Cl)c3c21. The first-order chi connectivity index (χ1) is 8.20. The van der Waals surface area contributed by atoms with Crippen LogP contribution in [0.2, 0.25) is 10.4 Å². The van der Waals surface area contributed by atoms with E-state index >= 15 is 0 Å². The van der Waals surface area contributed by atoms with Gasteiger partial charge in [0.05, 0.1) is 5.39 Å². The molecule has 2 aromatic rings. The molecule has 2 heterocycles. The van der Waals surface area contributed by atoms with E-state index in [1.807, 2.05) is 0 Å². The molecule has 2 aromatic heterocycles. The predicted molar refractivity (Wildman–Crippen MR) is 70.2 cm³/mol. The quantitative estimate of drug-likeness (QED) is 0.680. The first-order valence-corrected chi connectivity index (χ1v) is 7.03. The second kappa shape index (κ2) is 4.35. The fraction of sp³-hybridized carbons (Fsp3) is 0.455. The lowest BCUT2D eigenvalue weighted by atomic mass is 9.98. The third-order valence-corrected chi connectivity index (χ3v) is 4.80. The number of aliphatic hydroxyl groups is 1. The van der Waals surface area contributed by atoms with Crippen molar-refractivity contribution in [2.24, 2.45) is 0 Å². The molecular formula is C11H10Cl2N2OS. The number of aliphatic hydroxyl groups excluding tert-OH is 1. The molecule has 0 radical (unpaired) electrons. The lowest BCUT2D eigenvalue weighted by molar-refractivity contribution is 0.275. The van der Waals surface area contributed by atoms with Crippen molar-refractivity contribution in [1.29, 1.82) is 0 Å². The molecule has 0 aromatic carbocycles. The van der Waals surface area contributed by atoms with E-state index in [9.17, 15) is 0 Å². The minimum absolute atomic E-state index is 0.195. The summed E-state index contributed by atoms with van der Waals surface area (Å²) in [5, 5.41) is 10.7. The summed E-state index contributed by atoms with van der Waals surface area (Å²) in [5.41, 5.74) is 1.24. The standard InChI is InChI=1S/C11H10Cl2N2OS/c12-9-8-7-5(3-4-16)1-2-6(7)17-10(8)15-11(13)14-9/h5,16H,1-4H2. The summed E-state index contributed by atoms with van der Waals surface area (Å²) >= 11 is 13.6. The van der Waals surface area contributed by atoms with Crippen molar-refractivity contribution in [2.75, 3.05) is 6.61 Å². The van der Waals surface area contributed by atoms with Crippen molar-refractivity contribution in [3.05, 3.63) is 20.9 Å². The molecule has 90 valence electrons. The number of halogens is 2. The van der Waals surface area contributed by atoms with Gasteiger partial charge in [-0.15, -0.1) is 11.3 Å². The molecule has 0 spiro atoms. The third-order valence-electron chi connectivity index (χ3n) is 3.20. The maximum Gasteiger partial charge on any atom is 0.225 e. The van der Waals surface area contributed by atoms with Crippen LogP contribution in [0, 0.1) is 0 Å². The van der Waals surface area contributed by atoms with Gasteiger partial charge in [-0.1, -0.05) is 11.6 Å². The molecule has 0 fully saturated rings. The van der Waals surface area contributed by atoms with E-state index in [1.54, 1.807) is 11.3 Å². The number of fused-ring (bicyclic) bond motifs is 3. The Kier molecular flexibility index (Phi) is 2.99. The third kappa shape index (κ3) is 1.83. The first kappa shape index (κ1) is 11.7. The van der Waals surface area contributed by atoms with Gasteiger partial charge in [0, 0.05) is 11.5 Å². The second-order valence-corrected chi connectivity index (χ2v) is 5.93. The van der Waals surface area contributed by atoms with Crippen LogP contribution in [0.15, 0.2) is 0 Å². The van der Waals surface area contributed by atoms with Gasteiger partial charge in [-0.3, -0.25) is 0 Å². The predicted octanol–water partition coefficient (Wildman–Crippen LogP) is 3.41. The summed E-state index contributed by atoms with van der Waals surface area (Å²) in [7, 11) is 0. The highest BCUT2D eigenvalue weighted by molar-refractivity contribution is 7.19. The van der Waals surface area contributed by atoms with Crippen molar-refractivity contribution in [3.63, 3.8) is 0 Å². The Hall–Kier alpha value is -0.420. The number of hydrogen-bond acceptors (Lipinski definition) is 4. The van der Waals surface area contributed by atoms with Crippen LogP contribution in [0.3, 0.4) is 0 Å². The number of aryl methyl sites for hydroxylation is 1. The Balaban J connectivity index is 2.23. The highest BCUT2D eigenvalue weighted by Gasteiger charge is 2.29. The Morgan fingerprint density at radius 3 is 2.94 bits per heavy atom. The lowest BCUT2D eigenvalue weighted by Gasteiger charge is -2.09. The zero-order valence-corrected chi connectivity index (χ0v) is 11.2. The van der Waals surface area contributed by atoms with Gasteiger partial charge in [0.15, 0.2) is 0 Å². The van der Waals surface area contributed by atoms with E-state index in [-0.39, 0.29) is 11.9 Å². The molecule has 3 rings (SSSR count). The summed E-state index contributed by atoms with van der Waals surface area (Å²) in [5.74, 6) is 0.381. The molecule has 1 unspecified atom stereocenters. The van der Waals surface area contributed by atoms with Crippen LogP contribution >= 0.6 is 34.5 Å². The smallest absolute Gasteiger partial charge is 0.225 e. The molecule has 0 amide bonds. The van der Waals surface area contributed by atoms with Crippen molar-refractivity contribution >= 4 is 44.8 Å². The molecule has 17 heavy (non-hydrogen) atoms. The Labute approximate surface area is 112 Å². The minimum Gasteiger partial charge on any atom is -0.396 e. The zero-order chi connectivity index (χ0) is 12.0. The van der Waals surface area contributed by atoms with Crippen molar-refractivity contribution in [1.82, 2.24) is 9.97 Å². The van der Waals surface area contributed by atoms with Crippen molar-refractivity contribution in [2.45, 2.75) is 25.2 Å². The van der Waals surface area contributed by atoms with Gasteiger partial charge in [-0.25, -0.2) is 9.97 Å². The second-order valence-electron chi connectivity index (χ2n) is 4.15. The fourth-order valence-electron chi connectivity index (χ4n) is 2.51. The highest BCUT2D eigenvalue weighted by Crippen LogP contribution is 2.46. The van der Waals surface area contributed by atoms with Gasteiger partial charge in [-0.2, -0.15) is 0 Å². The summed E-state index contributed by atoms with van der Waals surface area (Å²) in [6, 6.07) is 0. The van der Waals surface area contributed by atoms with E-state index < -0.39 is 0 Å². The van der Waals surface area contributed by atoms with Gasteiger partial charge < -0.3 is 5.11 Å². The number of thiophene rings is 1. The van der Waals surface area contributed by atoms with Crippen molar-refractivity contribution < 1.29 is 5.11 Å². The van der Waals surface area contributed by atoms with E-state index in [1.165, 1.54) is 10.4 Å². The van der Waals surface area contributed by atoms with Crippen LogP contribution in [0.1, 0.15) is 29.2 Å². The van der Waals surface area contributed by atoms with Crippen molar-refractivity contribution in [3.8, 4) is 0 Å². The molecule has 1 aliphatic rings. The van der Waals surface area contributed by atoms with Gasteiger partial charge in [0.1, 0.15) is 9.98 Å². The van der Waals surface area contributed by atoms with E-state index in [0.29, 0.717) is 11.1 Å². The summed E-state index contributed by atoms with van der Waals surface area (Å²) in [4.78, 5) is 10.4. The average molecular weight is 289 g/mol. The monoisotopic (exact) mass is 288 g/mol. The highest BCUT2D eigenvalue weighted by atomic mass is 35.5. The summed E-state index contributed by atoms with van der Waals surface area (Å²) in [6.45, 7) is 0.202. The van der Waals surface area contributed by atoms with Gasteiger partial charge in [0.25, 0.3) is 0 Å². The number of hydrogen-bond donors (Lipinski definition) is 1. The maximum absolute atomic E-state index is 9.09. The molecule has 1 N–H and O–H groups in total. The molecule has 0 bridgehead atoms. The minimum atomic E-state index is 0.195. The topological polar surface area (TPSA) is 46.0 Å². The van der Waals surface area contributed by atoms with E-state index in [4.69, 9.17) is 28.3 Å². The van der Waals surface area contributed by atoms with Gasteiger partial charge >= 0.3 is 0 Å². The first-order valence-electron chi connectivity index (χ1n) is 5.46. The van der Waals surface area contributed by atoms with Gasteiger partial charge in [0.2, 0.25) is 5.28 Å². The molecule has 0 saturated heterocycles. The van der Waals surface area contributed by atoms with Crippen LogP contribution in [0.4, 0.5) is 0 Å². The van der Waals surface area contributed by atoms with E-state index in [2.05, 4.69) is 9.97 Å². The molecule has 0 aliphatic heterocycles. The molecule has 1 aliphatic carbocycles. The zero-order valence-electron chi connectivity index (χ0n) is 8.91. The lowest BCUT2D eigenvalue weighted by Crippen LogP contribution is -1.97. The largest absolute Gasteiger partial charge is 0.396 e. The van der Waals surface area contributed by atoms with Crippen LogP contribution < -0.4 is 0 Å². The maximum atomic E-state index is 9.09. The molecule has 6 heteroatoms. The average Bonchev–Trinajstić information content (AvgIpc) is 2.78. The number of rotatable bonds is 2.